The third-order valence-electron chi connectivity index (χ3n) is 2.80. The second kappa shape index (κ2) is 4.18. The Balaban J connectivity index is 2.67. The van der Waals surface area contributed by atoms with Crippen molar-refractivity contribution in [2.75, 3.05) is 0 Å². The van der Waals surface area contributed by atoms with Crippen molar-refractivity contribution in [3.63, 3.8) is 0 Å². The van der Waals surface area contributed by atoms with Crippen LogP contribution in [0.3, 0.4) is 0 Å². The number of rotatable bonds is 3. The molecule has 1 heterocycles. The lowest BCUT2D eigenvalue weighted by Crippen LogP contribution is -2.23. The van der Waals surface area contributed by atoms with E-state index >= 15 is 0 Å². The van der Waals surface area contributed by atoms with Gasteiger partial charge in [-0.15, -0.1) is 0 Å². The second-order valence-corrected chi connectivity index (χ2v) is 3.83. The summed E-state index contributed by atoms with van der Waals surface area (Å²) in [5.74, 6) is -1.44. The highest BCUT2D eigenvalue weighted by Crippen LogP contribution is 2.24. The van der Waals surface area contributed by atoms with Crippen molar-refractivity contribution >= 4 is 16.9 Å². The van der Waals surface area contributed by atoms with Crippen molar-refractivity contribution < 1.29 is 14.3 Å². The fraction of sp³-hybridized carbons (Fsp3) is 0.250. The Bertz CT molecular complexity index is 577. The molecule has 0 amide bonds. The maximum atomic E-state index is 13.1. The molecule has 2 aromatic rings. The molecule has 3 N–H and O–H groups in total. The number of aliphatic carboxylic acids is 1. The lowest BCUT2D eigenvalue weighted by Gasteiger charge is -2.11. The van der Waals surface area contributed by atoms with Gasteiger partial charge in [0.1, 0.15) is 11.9 Å². The largest absolute Gasteiger partial charge is 0.480 e. The number of hydrogen-bond donors (Lipinski definition) is 2. The zero-order chi connectivity index (χ0) is 12.6. The van der Waals surface area contributed by atoms with E-state index in [-0.39, 0.29) is 5.82 Å². The fourth-order valence-corrected chi connectivity index (χ4v) is 2.00. The Labute approximate surface area is 97.5 Å². The van der Waals surface area contributed by atoms with Crippen LogP contribution in [0.5, 0.6) is 0 Å². The molecular weight excluding hydrogens is 223 g/mol. The van der Waals surface area contributed by atoms with Crippen molar-refractivity contribution in [3.05, 3.63) is 35.8 Å². The smallest absolute Gasteiger partial charge is 0.326 e. The summed E-state index contributed by atoms with van der Waals surface area (Å²) in [6, 6.07) is 4.89. The Hall–Kier alpha value is -1.88. The van der Waals surface area contributed by atoms with E-state index in [1.807, 2.05) is 6.92 Å². The first-order chi connectivity index (χ1) is 8.04. The molecule has 4 nitrogen and oxygen atoms in total. The van der Waals surface area contributed by atoms with Gasteiger partial charge in [-0.2, -0.15) is 0 Å². The van der Waals surface area contributed by atoms with Crippen LogP contribution in [-0.4, -0.2) is 15.6 Å². The monoisotopic (exact) mass is 236 g/mol. The van der Waals surface area contributed by atoms with E-state index in [0.29, 0.717) is 17.6 Å². The molecule has 2 rings (SSSR count). The molecular formula is C12H13FN2O2. The molecule has 1 aromatic carbocycles. The highest BCUT2D eigenvalue weighted by atomic mass is 19.1. The first-order valence-electron chi connectivity index (χ1n) is 5.31. The predicted octanol–water partition coefficient (Wildman–Crippen LogP) is 1.88. The number of nitrogens with two attached hydrogens (primary N) is 1. The van der Waals surface area contributed by atoms with Gasteiger partial charge in [0.05, 0.1) is 0 Å². The summed E-state index contributed by atoms with van der Waals surface area (Å²) in [7, 11) is 0. The highest BCUT2D eigenvalue weighted by molar-refractivity contribution is 5.84. The molecule has 90 valence electrons. The Morgan fingerprint density at radius 3 is 2.82 bits per heavy atom. The molecule has 5 heteroatoms. The highest BCUT2D eigenvalue weighted by Gasteiger charge is 2.20. The van der Waals surface area contributed by atoms with Gasteiger partial charge in [-0.1, -0.05) is 0 Å². The van der Waals surface area contributed by atoms with E-state index in [1.54, 1.807) is 16.7 Å². The summed E-state index contributed by atoms with van der Waals surface area (Å²) in [4.78, 5) is 10.9. The van der Waals surface area contributed by atoms with Crippen LogP contribution in [0.1, 0.15) is 18.7 Å². The molecule has 0 aliphatic rings. The van der Waals surface area contributed by atoms with E-state index in [1.165, 1.54) is 12.1 Å². The lowest BCUT2D eigenvalue weighted by atomic mass is 10.2. The summed E-state index contributed by atoms with van der Waals surface area (Å²) < 4.78 is 14.9. The third-order valence-corrected chi connectivity index (χ3v) is 2.80. The van der Waals surface area contributed by atoms with Gasteiger partial charge < -0.3 is 15.4 Å². The molecule has 0 aliphatic heterocycles. The first-order valence-corrected chi connectivity index (χ1v) is 5.31. The maximum Gasteiger partial charge on any atom is 0.326 e. The van der Waals surface area contributed by atoms with Crippen molar-refractivity contribution in [3.8, 4) is 0 Å². The second-order valence-electron chi connectivity index (χ2n) is 3.83. The SMILES string of the molecule is CCn1c(C(N)C(=O)O)cc2cc(F)ccc21. The van der Waals surface area contributed by atoms with Crippen LogP contribution in [0.2, 0.25) is 0 Å². The zero-order valence-electron chi connectivity index (χ0n) is 9.35. The number of halogens is 1. The molecule has 1 aromatic heterocycles. The standard InChI is InChI=1S/C12H13FN2O2/c1-2-15-9-4-3-8(13)5-7(9)6-10(15)11(14)12(16)17/h3-6,11H,2,14H2,1H3,(H,16,17). The van der Waals surface area contributed by atoms with Gasteiger partial charge >= 0.3 is 5.97 Å². The number of benzene rings is 1. The van der Waals surface area contributed by atoms with E-state index in [9.17, 15) is 9.18 Å². The Morgan fingerprint density at radius 2 is 2.24 bits per heavy atom. The first kappa shape index (κ1) is 11.6. The number of nitrogens with zero attached hydrogens (tertiary/aromatic N) is 1. The summed E-state index contributed by atoms with van der Waals surface area (Å²) in [5, 5.41) is 9.59. The van der Waals surface area contributed by atoms with Gasteiger partial charge in [0, 0.05) is 23.1 Å². The summed E-state index contributed by atoms with van der Waals surface area (Å²) in [6.07, 6.45) is 0. The van der Waals surface area contributed by atoms with Crippen LogP contribution >= 0.6 is 0 Å². The molecule has 0 saturated heterocycles. The lowest BCUT2D eigenvalue weighted by molar-refractivity contribution is -0.138. The van der Waals surface area contributed by atoms with Crippen LogP contribution < -0.4 is 5.73 Å². The number of hydrogen-bond acceptors (Lipinski definition) is 2. The molecule has 0 spiro atoms. The molecule has 17 heavy (non-hydrogen) atoms. The van der Waals surface area contributed by atoms with Gasteiger partial charge in [-0.25, -0.2) is 4.39 Å². The molecule has 0 bridgehead atoms. The van der Waals surface area contributed by atoms with Crippen molar-refractivity contribution in [2.24, 2.45) is 5.73 Å². The third kappa shape index (κ3) is 1.89. The summed E-state index contributed by atoms with van der Waals surface area (Å²) in [5.41, 5.74) is 6.88. The quantitative estimate of drug-likeness (QED) is 0.855. The molecule has 0 saturated carbocycles. The molecule has 0 fully saturated rings. The van der Waals surface area contributed by atoms with Gasteiger partial charge in [0.2, 0.25) is 0 Å². The summed E-state index contributed by atoms with van der Waals surface area (Å²) >= 11 is 0. The molecule has 0 radical (unpaired) electrons. The van der Waals surface area contributed by atoms with Crippen LogP contribution in [0.15, 0.2) is 24.3 Å². The number of fused-ring (bicyclic) bond motifs is 1. The number of aromatic nitrogens is 1. The minimum atomic E-state index is -1.09. The van der Waals surface area contributed by atoms with Crippen LogP contribution in [0, 0.1) is 5.82 Å². The van der Waals surface area contributed by atoms with E-state index in [0.717, 1.165) is 5.52 Å². The maximum absolute atomic E-state index is 13.1. The van der Waals surface area contributed by atoms with Gasteiger partial charge in [0.15, 0.2) is 0 Å². The zero-order valence-corrected chi connectivity index (χ0v) is 9.35. The van der Waals surface area contributed by atoms with Crippen molar-refractivity contribution in [2.45, 2.75) is 19.5 Å². The topological polar surface area (TPSA) is 68.2 Å². The number of carbonyl (C=O) groups is 1. The predicted molar refractivity (Wildman–Crippen MR) is 62.1 cm³/mol. The number of aryl methyl sites for hydroxylation is 1. The molecule has 1 atom stereocenters. The summed E-state index contributed by atoms with van der Waals surface area (Å²) in [6.45, 7) is 2.48. The Kier molecular flexibility index (Phi) is 2.85. The minimum Gasteiger partial charge on any atom is -0.480 e. The van der Waals surface area contributed by atoms with E-state index in [4.69, 9.17) is 10.8 Å². The van der Waals surface area contributed by atoms with Crippen LogP contribution in [0.25, 0.3) is 10.9 Å². The van der Waals surface area contributed by atoms with Crippen molar-refractivity contribution in [1.82, 2.24) is 4.57 Å². The van der Waals surface area contributed by atoms with Gasteiger partial charge in [-0.05, 0) is 31.2 Å². The Morgan fingerprint density at radius 1 is 1.53 bits per heavy atom. The van der Waals surface area contributed by atoms with Crippen LogP contribution in [0.4, 0.5) is 4.39 Å². The minimum absolute atomic E-state index is 0.346. The number of carboxylic acids is 1. The van der Waals surface area contributed by atoms with Gasteiger partial charge in [-0.3, -0.25) is 4.79 Å². The van der Waals surface area contributed by atoms with Crippen LogP contribution in [-0.2, 0) is 11.3 Å². The average molecular weight is 236 g/mol. The van der Waals surface area contributed by atoms with Crippen molar-refractivity contribution in [1.29, 1.82) is 0 Å². The number of carboxylic acid groups (broad SMARTS) is 1. The average Bonchev–Trinajstić information content (AvgIpc) is 2.64. The normalized spacial score (nSPS) is 12.9. The van der Waals surface area contributed by atoms with Gasteiger partial charge in [0.25, 0.3) is 0 Å². The molecule has 0 aliphatic carbocycles. The molecule has 1 unspecified atom stereocenters. The fourth-order valence-electron chi connectivity index (χ4n) is 2.00. The van der Waals surface area contributed by atoms with E-state index < -0.39 is 12.0 Å². The van der Waals surface area contributed by atoms with E-state index in [2.05, 4.69) is 0 Å².